The van der Waals surface area contributed by atoms with Crippen LogP contribution >= 0.6 is 0 Å². The maximum Gasteiger partial charge on any atom is 0.416 e. The molecule has 2 aromatic carbocycles. The van der Waals surface area contributed by atoms with Gasteiger partial charge in [-0.05, 0) is 30.3 Å². The third kappa shape index (κ3) is 4.87. The molecular formula is C19H12F6N4O3. The van der Waals surface area contributed by atoms with Gasteiger partial charge in [0.15, 0.2) is 5.69 Å². The predicted molar refractivity (Wildman–Crippen MR) is 97.1 cm³/mol. The quantitative estimate of drug-likeness (QED) is 0.464. The lowest BCUT2D eigenvalue weighted by molar-refractivity contribution is -0.143. The monoisotopic (exact) mass is 458 g/mol. The van der Waals surface area contributed by atoms with Crippen LogP contribution in [0.3, 0.4) is 0 Å². The van der Waals surface area contributed by atoms with Gasteiger partial charge in [-0.25, -0.2) is 9.48 Å². The second-order valence-corrected chi connectivity index (χ2v) is 6.31. The van der Waals surface area contributed by atoms with Crippen LogP contribution < -0.4 is 5.32 Å². The van der Waals surface area contributed by atoms with Crippen LogP contribution in [-0.4, -0.2) is 34.0 Å². The number of rotatable bonds is 4. The maximum atomic E-state index is 13.1. The van der Waals surface area contributed by atoms with Crippen LogP contribution in [0, 0.1) is 0 Å². The molecular weight excluding hydrogens is 446 g/mol. The summed E-state index contributed by atoms with van der Waals surface area (Å²) in [6.07, 6.45) is -9.03. The number of ether oxygens (including phenoxy) is 1. The van der Waals surface area contributed by atoms with E-state index >= 15 is 0 Å². The number of benzene rings is 2. The van der Waals surface area contributed by atoms with Crippen molar-refractivity contribution in [3.8, 4) is 5.69 Å². The molecule has 0 aliphatic heterocycles. The van der Waals surface area contributed by atoms with Crippen molar-refractivity contribution in [1.82, 2.24) is 15.0 Å². The molecule has 3 aromatic rings. The summed E-state index contributed by atoms with van der Waals surface area (Å²) in [6.45, 7) is 0. The van der Waals surface area contributed by atoms with E-state index in [4.69, 9.17) is 0 Å². The zero-order chi connectivity index (χ0) is 23.7. The summed E-state index contributed by atoms with van der Waals surface area (Å²) in [6, 6.07) is 6.31. The van der Waals surface area contributed by atoms with Crippen LogP contribution in [0.4, 0.5) is 32.0 Å². The van der Waals surface area contributed by atoms with Gasteiger partial charge >= 0.3 is 18.3 Å². The number of carbonyl (C=O) groups is 2. The van der Waals surface area contributed by atoms with Gasteiger partial charge in [0, 0.05) is 5.56 Å². The summed E-state index contributed by atoms with van der Waals surface area (Å²) in [4.78, 5) is 24.1. The smallest absolute Gasteiger partial charge is 0.416 e. The molecule has 0 fully saturated rings. The lowest BCUT2D eigenvalue weighted by atomic mass is 10.0. The lowest BCUT2D eigenvalue weighted by Gasteiger charge is -2.15. The summed E-state index contributed by atoms with van der Waals surface area (Å²) in [7, 11) is 1.12. The van der Waals surface area contributed by atoms with E-state index < -0.39 is 40.9 Å². The molecule has 1 aromatic heterocycles. The number of hydrogen-bond acceptors (Lipinski definition) is 5. The Balaban J connectivity index is 1.98. The Bertz CT molecular complexity index is 1140. The highest BCUT2D eigenvalue weighted by molar-refractivity contribution is 6.05. The zero-order valence-corrected chi connectivity index (χ0v) is 16.0. The lowest BCUT2D eigenvalue weighted by Crippen LogP contribution is -2.18. The van der Waals surface area contributed by atoms with Crippen LogP contribution in [0.1, 0.15) is 32.0 Å². The number of halogens is 6. The minimum absolute atomic E-state index is 0.00946. The molecule has 32 heavy (non-hydrogen) atoms. The third-order valence-electron chi connectivity index (χ3n) is 4.14. The van der Waals surface area contributed by atoms with Gasteiger partial charge < -0.3 is 10.1 Å². The van der Waals surface area contributed by atoms with E-state index in [1.807, 2.05) is 0 Å². The van der Waals surface area contributed by atoms with E-state index in [1.54, 1.807) is 0 Å². The molecule has 7 nitrogen and oxygen atoms in total. The van der Waals surface area contributed by atoms with Gasteiger partial charge in [-0.2, -0.15) is 26.3 Å². The molecule has 0 radical (unpaired) electrons. The second kappa shape index (κ2) is 8.32. The number of alkyl halides is 6. The maximum absolute atomic E-state index is 13.1. The Hall–Kier alpha value is -3.90. The molecule has 13 heteroatoms. The van der Waals surface area contributed by atoms with E-state index in [2.05, 4.69) is 20.4 Å². The van der Waals surface area contributed by atoms with Gasteiger partial charge in [-0.15, -0.1) is 5.10 Å². The molecule has 0 spiro atoms. The molecule has 1 amide bonds. The van der Waals surface area contributed by atoms with Gasteiger partial charge in [-0.3, -0.25) is 4.79 Å². The second-order valence-electron chi connectivity index (χ2n) is 6.31. The summed E-state index contributed by atoms with van der Waals surface area (Å²) in [5, 5.41) is 9.56. The Morgan fingerprint density at radius 2 is 1.56 bits per heavy atom. The van der Waals surface area contributed by atoms with Crippen molar-refractivity contribution in [3.63, 3.8) is 0 Å². The highest BCUT2D eigenvalue weighted by Crippen LogP contribution is 2.36. The molecule has 0 bridgehead atoms. The van der Waals surface area contributed by atoms with Gasteiger partial charge in [0.25, 0.3) is 5.91 Å². The van der Waals surface area contributed by atoms with Crippen molar-refractivity contribution in [3.05, 3.63) is 71.0 Å². The first-order chi connectivity index (χ1) is 14.9. The molecule has 0 atom stereocenters. The highest BCUT2D eigenvalue weighted by atomic mass is 19.4. The predicted octanol–water partition coefficient (Wildman–Crippen LogP) is 4.34. The molecule has 3 rings (SSSR count). The SMILES string of the molecule is COC(=O)c1cn(-c2ccccc2NC(=O)c2cc(C(F)(F)F)cc(C(F)(F)F)c2)nn1. The average Bonchev–Trinajstić information content (AvgIpc) is 3.22. The fourth-order valence-electron chi connectivity index (χ4n) is 2.64. The average molecular weight is 458 g/mol. The van der Waals surface area contributed by atoms with Gasteiger partial charge in [-0.1, -0.05) is 17.3 Å². The van der Waals surface area contributed by atoms with Crippen LogP contribution in [0.2, 0.25) is 0 Å². The van der Waals surface area contributed by atoms with Crippen LogP contribution in [-0.2, 0) is 17.1 Å². The zero-order valence-electron chi connectivity index (χ0n) is 16.0. The topological polar surface area (TPSA) is 86.1 Å². The van der Waals surface area contributed by atoms with E-state index in [0.717, 1.165) is 11.8 Å². The first-order valence-electron chi connectivity index (χ1n) is 8.61. The molecule has 168 valence electrons. The molecule has 1 heterocycles. The fourth-order valence-corrected chi connectivity index (χ4v) is 2.64. The Morgan fingerprint density at radius 1 is 0.969 bits per heavy atom. The van der Waals surface area contributed by atoms with Crippen molar-refractivity contribution in [2.45, 2.75) is 12.4 Å². The summed E-state index contributed by atoms with van der Waals surface area (Å²) < 4.78 is 83.9. The highest BCUT2D eigenvalue weighted by Gasteiger charge is 2.37. The molecule has 0 saturated carbocycles. The standard InChI is InChI=1S/C19H12F6N4O3/c1-32-17(31)14-9-29(28-27-14)15-5-3-2-4-13(15)26-16(30)10-6-11(18(20,21)22)8-12(7-10)19(23,24)25/h2-9H,1H3,(H,26,30). The minimum Gasteiger partial charge on any atom is -0.464 e. The number of anilines is 1. The number of hydrogen-bond donors (Lipinski definition) is 1. The number of esters is 1. The van der Waals surface area contributed by atoms with Gasteiger partial charge in [0.05, 0.1) is 35.8 Å². The summed E-state index contributed by atoms with van der Waals surface area (Å²) in [5.74, 6) is -2.01. The number of methoxy groups -OCH3 is 1. The Labute approximate surface area is 175 Å². The molecule has 0 unspecified atom stereocenters. The van der Waals surface area contributed by atoms with Crippen molar-refractivity contribution in [2.75, 3.05) is 12.4 Å². The first kappa shape index (κ1) is 22.8. The van der Waals surface area contributed by atoms with E-state index in [9.17, 15) is 35.9 Å². The Kier molecular flexibility index (Phi) is 5.92. The number of aromatic nitrogens is 3. The van der Waals surface area contributed by atoms with Crippen LogP contribution in [0.25, 0.3) is 5.69 Å². The van der Waals surface area contributed by atoms with E-state index in [1.165, 1.54) is 30.5 Å². The fraction of sp³-hybridized carbons (Fsp3) is 0.158. The third-order valence-corrected chi connectivity index (χ3v) is 4.14. The van der Waals surface area contributed by atoms with Gasteiger partial charge in [0.1, 0.15) is 0 Å². The largest absolute Gasteiger partial charge is 0.464 e. The van der Waals surface area contributed by atoms with Crippen molar-refractivity contribution in [2.24, 2.45) is 0 Å². The van der Waals surface area contributed by atoms with Crippen molar-refractivity contribution in [1.29, 1.82) is 0 Å². The van der Waals surface area contributed by atoms with E-state index in [-0.39, 0.29) is 23.1 Å². The van der Waals surface area contributed by atoms with Crippen molar-refractivity contribution < 1.29 is 40.7 Å². The number of amides is 1. The van der Waals surface area contributed by atoms with E-state index in [0.29, 0.717) is 12.1 Å². The molecule has 1 N–H and O–H groups in total. The molecule has 0 aliphatic carbocycles. The van der Waals surface area contributed by atoms with Gasteiger partial charge in [0.2, 0.25) is 0 Å². The Morgan fingerprint density at radius 3 is 2.12 bits per heavy atom. The summed E-state index contributed by atoms with van der Waals surface area (Å²) in [5.41, 5.74) is -4.12. The van der Waals surface area contributed by atoms with Crippen molar-refractivity contribution >= 4 is 17.6 Å². The molecule has 0 saturated heterocycles. The van der Waals surface area contributed by atoms with Crippen LogP contribution in [0.15, 0.2) is 48.7 Å². The van der Waals surface area contributed by atoms with Crippen LogP contribution in [0.5, 0.6) is 0 Å². The minimum atomic E-state index is -5.10. The normalized spacial score (nSPS) is 11.8. The number of para-hydroxylation sites is 2. The molecule has 0 aliphatic rings. The summed E-state index contributed by atoms with van der Waals surface area (Å²) >= 11 is 0. The number of carbonyl (C=O) groups excluding carboxylic acids is 2. The first-order valence-corrected chi connectivity index (χ1v) is 8.61. The number of nitrogens with zero attached hydrogens (tertiary/aromatic N) is 3. The number of nitrogens with one attached hydrogen (secondary N) is 1.